The van der Waals surface area contributed by atoms with Crippen molar-refractivity contribution in [1.29, 1.82) is 0 Å². The molecule has 0 aliphatic carbocycles. The van der Waals surface area contributed by atoms with Crippen LogP contribution in [-0.4, -0.2) is 17.0 Å². The smallest absolute Gasteiger partial charge is 0.141 e. The molecule has 240 valence electrons. The Morgan fingerprint density at radius 2 is 0.932 bits per heavy atom. The van der Waals surface area contributed by atoms with Crippen molar-refractivity contribution in [2.75, 3.05) is 0 Å². The zero-order chi connectivity index (χ0) is 32.8. The van der Waals surface area contributed by atoms with E-state index in [0.29, 0.717) is 11.8 Å². The lowest BCUT2D eigenvalue weighted by Crippen LogP contribution is -2.33. The summed E-state index contributed by atoms with van der Waals surface area (Å²) in [5, 5.41) is 2.22. The van der Waals surface area contributed by atoms with Gasteiger partial charge in [0.05, 0.1) is 0 Å². The third-order valence-electron chi connectivity index (χ3n) is 11.1. The van der Waals surface area contributed by atoms with Crippen molar-refractivity contribution in [3.63, 3.8) is 0 Å². The van der Waals surface area contributed by atoms with Crippen LogP contribution in [0.4, 0.5) is 0 Å². The third kappa shape index (κ3) is 4.87. The molecule has 3 heterocycles. The molecule has 0 N–H and O–H groups in total. The van der Waals surface area contributed by atoms with Crippen LogP contribution in [0.2, 0.25) is 0 Å². The van der Waals surface area contributed by atoms with Gasteiger partial charge in [-0.3, -0.25) is 0 Å². The van der Waals surface area contributed by atoms with Gasteiger partial charge in [0.25, 0.3) is 0 Å². The van der Waals surface area contributed by atoms with Crippen LogP contribution in [0.3, 0.4) is 0 Å². The predicted molar refractivity (Wildman–Crippen MR) is 194 cm³/mol. The Kier molecular flexibility index (Phi) is 8.87. The Bertz CT molecular complexity index is 1570. The highest BCUT2D eigenvalue weighted by Crippen LogP contribution is 2.82. The highest BCUT2D eigenvalue weighted by molar-refractivity contribution is 7.80. The van der Waals surface area contributed by atoms with Crippen LogP contribution in [0.1, 0.15) is 166 Å². The second-order valence-corrected chi connectivity index (χ2v) is 21.9. The van der Waals surface area contributed by atoms with Gasteiger partial charge in [-0.25, -0.2) is 0 Å². The monoisotopic (exact) mass is 632 g/mol. The lowest BCUT2D eigenvalue weighted by atomic mass is 9.85. The van der Waals surface area contributed by atoms with E-state index in [-0.39, 0.29) is 46.6 Å². The van der Waals surface area contributed by atoms with Gasteiger partial charge >= 0.3 is 0 Å². The molecule has 3 aliphatic rings. The van der Waals surface area contributed by atoms with E-state index in [1.165, 1.54) is 44.5 Å². The first-order valence-corrected chi connectivity index (χ1v) is 21.0. The van der Waals surface area contributed by atoms with Crippen molar-refractivity contribution in [3.8, 4) is 0 Å². The van der Waals surface area contributed by atoms with Crippen molar-refractivity contribution in [2.45, 2.75) is 149 Å². The molecule has 0 aromatic heterocycles. The number of allylic oxidation sites excluding steroid dienone is 3. The average Bonchev–Trinajstić information content (AvgIpc) is 3.46. The Morgan fingerprint density at radius 1 is 0.545 bits per heavy atom. The highest BCUT2D eigenvalue weighted by atomic mass is 31.2. The zero-order valence-corrected chi connectivity index (χ0v) is 31.7. The quantitative estimate of drug-likeness (QED) is 0.214. The Labute approximate surface area is 269 Å². The van der Waals surface area contributed by atoms with E-state index in [0.717, 1.165) is 10.6 Å². The second-order valence-electron chi connectivity index (χ2n) is 16.2. The van der Waals surface area contributed by atoms with Crippen LogP contribution in [-0.2, 0) is 9.13 Å². The van der Waals surface area contributed by atoms with Crippen LogP contribution >= 0.6 is 14.3 Å². The Hall–Kier alpha value is -1.62. The highest BCUT2D eigenvalue weighted by Gasteiger charge is 2.69. The molecule has 1 saturated heterocycles. The Morgan fingerprint density at radius 3 is 1.30 bits per heavy atom. The number of hydrogen-bond donors (Lipinski definition) is 0. The van der Waals surface area contributed by atoms with Crippen LogP contribution in [0.25, 0.3) is 0 Å². The molecule has 0 amide bonds. The fraction of sp³-hybridized carbons (Fsp3) is 0.600. The summed E-state index contributed by atoms with van der Waals surface area (Å²) in [6.07, 6.45) is 2.32. The molecular weight excluding hydrogens is 574 g/mol. The maximum atomic E-state index is 16.3. The summed E-state index contributed by atoms with van der Waals surface area (Å²) in [5.41, 5.74) is 9.70. The van der Waals surface area contributed by atoms with Gasteiger partial charge in [0, 0.05) is 33.5 Å². The van der Waals surface area contributed by atoms with Gasteiger partial charge in [-0.05, 0) is 88.6 Å². The largest absolute Gasteiger partial charge is 0.317 e. The maximum Gasteiger partial charge on any atom is 0.141 e. The molecule has 5 rings (SSSR count). The van der Waals surface area contributed by atoms with Crippen molar-refractivity contribution in [1.82, 2.24) is 0 Å². The van der Waals surface area contributed by atoms with Crippen LogP contribution < -0.4 is 10.6 Å². The molecule has 2 bridgehead atoms. The van der Waals surface area contributed by atoms with Crippen molar-refractivity contribution in [3.05, 3.63) is 80.7 Å². The summed E-state index contributed by atoms with van der Waals surface area (Å²) >= 11 is 0. The molecule has 6 atom stereocenters. The zero-order valence-electron chi connectivity index (χ0n) is 29.9. The van der Waals surface area contributed by atoms with Gasteiger partial charge in [0.15, 0.2) is 0 Å². The molecule has 0 saturated carbocycles. The summed E-state index contributed by atoms with van der Waals surface area (Å²) < 4.78 is 32.5. The normalized spacial score (nSPS) is 29.6. The first-order valence-electron chi connectivity index (χ1n) is 17.3. The van der Waals surface area contributed by atoms with Crippen LogP contribution in [0, 0.1) is 5.92 Å². The van der Waals surface area contributed by atoms with E-state index in [2.05, 4.69) is 133 Å². The van der Waals surface area contributed by atoms with Gasteiger partial charge in [-0.1, -0.05) is 125 Å². The standard InChI is InChI=1S/C40H58O2P2/c1-21(2)29-16-31(23(5)6)38(32(17-29)24(7)8)43(41)20-28(14)36-37-27(13)15-35(40(36)43)44(37,42)39-33(25(9)10)18-30(22(3)4)19-34(39)26(11)12/h15-26,35-37,40H,1-14H3/t35-,36-,37+,40+,43?,44?/m0/s1. The van der Waals surface area contributed by atoms with Gasteiger partial charge < -0.3 is 9.13 Å². The summed E-state index contributed by atoms with van der Waals surface area (Å²) in [6.45, 7) is 31.4. The lowest BCUT2D eigenvalue weighted by Gasteiger charge is -2.33. The average molecular weight is 633 g/mol. The molecule has 2 nitrogen and oxygen atoms in total. The summed E-state index contributed by atoms with van der Waals surface area (Å²) in [6, 6.07) is 9.41. The molecular formula is C40H58O2P2. The molecule has 1 fully saturated rings. The predicted octanol–water partition coefficient (Wildman–Crippen LogP) is 11.7. The fourth-order valence-electron chi connectivity index (χ4n) is 8.82. The molecule has 44 heavy (non-hydrogen) atoms. The van der Waals surface area contributed by atoms with Crippen LogP contribution in [0.15, 0.2) is 47.3 Å². The van der Waals surface area contributed by atoms with Gasteiger partial charge in [-0.15, -0.1) is 0 Å². The van der Waals surface area contributed by atoms with Crippen LogP contribution in [0.5, 0.6) is 0 Å². The third-order valence-corrected chi connectivity index (χ3v) is 19.0. The number of fused-ring (bicyclic) bond motifs is 5. The second kappa shape index (κ2) is 11.6. The summed E-state index contributed by atoms with van der Waals surface area (Å²) in [4.78, 5) is 0. The molecule has 2 aromatic rings. The van der Waals surface area contributed by atoms with E-state index in [4.69, 9.17) is 0 Å². The number of rotatable bonds is 8. The summed E-state index contributed by atoms with van der Waals surface area (Å²) in [5.74, 6) is 4.10. The fourth-order valence-corrected chi connectivity index (χ4v) is 19.5. The van der Waals surface area contributed by atoms with E-state index in [1.54, 1.807) is 0 Å². The molecule has 4 heteroatoms. The van der Waals surface area contributed by atoms with E-state index in [9.17, 15) is 0 Å². The van der Waals surface area contributed by atoms with Gasteiger partial charge in [-0.2, -0.15) is 0 Å². The number of benzene rings is 2. The van der Waals surface area contributed by atoms with E-state index in [1.807, 2.05) is 0 Å². The lowest BCUT2D eigenvalue weighted by molar-refractivity contribution is 0.551. The minimum Gasteiger partial charge on any atom is -0.317 e. The van der Waals surface area contributed by atoms with Gasteiger partial charge in [0.1, 0.15) is 14.3 Å². The molecule has 0 spiro atoms. The molecule has 3 aliphatic heterocycles. The van der Waals surface area contributed by atoms with E-state index < -0.39 is 14.3 Å². The van der Waals surface area contributed by atoms with Crippen molar-refractivity contribution in [2.24, 2.45) is 5.92 Å². The maximum absolute atomic E-state index is 16.3. The molecule has 2 aromatic carbocycles. The number of hydrogen-bond acceptors (Lipinski definition) is 2. The minimum atomic E-state index is -3.07. The molecule has 0 radical (unpaired) electrons. The minimum absolute atomic E-state index is 0.0654. The topological polar surface area (TPSA) is 34.1 Å². The van der Waals surface area contributed by atoms with Crippen molar-refractivity contribution < 1.29 is 9.13 Å². The first-order chi connectivity index (χ1) is 20.4. The van der Waals surface area contributed by atoms with E-state index >= 15 is 9.13 Å². The van der Waals surface area contributed by atoms with Gasteiger partial charge in [0.2, 0.25) is 0 Å². The first kappa shape index (κ1) is 33.7. The van der Waals surface area contributed by atoms with Crippen molar-refractivity contribution >= 4 is 24.9 Å². The SMILES string of the molecule is CC1=CP(=O)(c2c(C(C)C)cc(C(C)C)cc2C(C)C)[C@H]2[C@@H]1[C@H]1C(C)=C[C@@H]2P1(=O)c1c(C(C)C)cc(C(C)C)cc1C(C)C. The molecule has 2 unspecified atom stereocenters. The summed E-state index contributed by atoms with van der Waals surface area (Å²) in [7, 11) is -6.07. The Balaban J connectivity index is 1.82.